The third-order valence-corrected chi connectivity index (χ3v) is 6.77. The summed E-state index contributed by atoms with van der Waals surface area (Å²) in [7, 11) is -3.73. The number of nitrogens with zero attached hydrogens (tertiary/aromatic N) is 2. The Morgan fingerprint density at radius 3 is 2.52 bits per heavy atom. The molecule has 2 aromatic carbocycles. The third kappa shape index (κ3) is 5.23. The van der Waals surface area contributed by atoms with Gasteiger partial charge < -0.3 is 5.11 Å². The molecule has 3 rings (SSSR count). The van der Waals surface area contributed by atoms with E-state index in [0.29, 0.717) is 19.4 Å². The Hall–Kier alpha value is -2.22. The van der Waals surface area contributed by atoms with Crippen molar-refractivity contribution in [2.45, 2.75) is 44.6 Å². The summed E-state index contributed by atoms with van der Waals surface area (Å²) in [6.07, 6.45) is 0.481. The average molecular weight is 416 g/mol. The summed E-state index contributed by atoms with van der Waals surface area (Å²) in [4.78, 5) is 0.227. The third-order valence-electron chi connectivity index (χ3n) is 4.95. The van der Waals surface area contributed by atoms with E-state index in [1.165, 1.54) is 4.31 Å². The Balaban J connectivity index is 1.79. The van der Waals surface area contributed by atoms with Crippen LogP contribution in [-0.4, -0.2) is 47.2 Å². The van der Waals surface area contributed by atoms with Crippen LogP contribution in [0, 0.1) is 12.8 Å². The lowest BCUT2D eigenvalue weighted by atomic mass is 10.1. The molecule has 7 heteroatoms. The first-order chi connectivity index (χ1) is 13.8. The number of H-pyrrole nitrogens is 1. The first kappa shape index (κ1) is 21.5. The Kier molecular flexibility index (Phi) is 6.72. The van der Waals surface area contributed by atoms with E-state index in [2.05, 4.69) is 10.2 Å². The molecule has 1 unspecified atom stereocenters. The Labute approximate surface area is 172 Å². The van der Waals surface area contributed by atoms with E-state index >= 15 is 0 Å². The number of fused-ring (bicyclic) bond motifs is 1. The van der Waals surface area contributed by atoms with Gasteiger partial charge in [0.25, 0.3) is 0 Å². The average Bonchev–Trinajstić information content (AvgIpc) is 3.07. The monoisotopic (exact) mass is 415 g/mol. The van der Waals surface area contributed by atoms with Gasteiger partial charge >= 0.3 is 0 Å². The molecule has 0 spiro atoms. The lowest BCUT2D eigenvalue weighted by Crippen LogP contribution is -2.40. The molecule has 6 nitrogen and oxygen atoms in total. The SMILES string of the molecule is Cc1[nH]nc2ccc(S(=O)(=O)N(CC(C)C)CC(O)CCc3ccccc3)cc12. The van der Waals surface area contributed by atoms with E-state index in [-0.39, 0.29) is 17.4 Å². The number of aryl methyl sites for hydroxylation is 2. The predicted octanol–water partition coefficient (Wildman–Crippen LogP) is 3.51. The van der Waals surface area contributed by atoms with Gasteiger partial charge in [-0.15, -0.1) is 0 Å². The molecule has 2 N–H and O–H groups in total. The second-order valence-electron chi connectivity index (χ2n) is 7.92. The zero-order chi connectivity index (χ0) is 21.0. The highest BCUT2D eigenvalue weighted by Crippen LogP contribution is 2.24. The standard InChI is InChI=1S/C22H29N3O3S/c1-16(2)14-25(15-19(26)10-9-18-7-5-4-6-8-18)29(27,28)20-11-12-22-21(13-20)17(3)23-24-22/h4-8,11-13,16,19,26H,9-10,14-15H2,1-3H3,(H,23,24). The first-order valence-corrected chi connectivity index (χ1v) is 11.4. The summed E-state index contributed by atoms with van der Waals surface area (Å²) in [5.74, 6) is 0.144. The number of hydrogen-bond donors (Lipinski definition) is 2. The largest absolute Gasteiger partial charge is 0.392 e. The highest BCUT2D eigenvalue weighted by Gasteiger charge is 2.27. The molecular formula is C22H29N3O3S. The first-order valence-electron chi connectivity index (χ1n) is 9.94. The summed E-state index contributed by atoms with van der Waals surface area (Å²) in [6.45, 7) is 6.25. The molecule has 1 atom stereocenters. The van der Waals surface area contributed by atoms with Gasteiger partial charge in [-0.1, -0.05) is 44.2 Å². The van der Waals surface area contributed by atoms with Gasteiger partial charge in [0.15, 0.2) is 0 Å². The van der Waals surface area contributed by atoms with E-state index < -0.39 is 16.1 Å². The molecule has 0 aliphatic carbocycles. The van der Waals surface area contributed by atoms with E-state index in [0.717, 1.165) is 22.2 Å². The molecule has 0 aliphatic heterocycles. The number of hydrogen-bond acceptors (Lipinski definition) is 4. The van der Waals surface area contributed by atoms with Gasteiger partial charge in [0.1, 0.15) is 0 Å². The highest BCUT2D eigenvalue weighted by molar-refractivity contribution is 7.89. The van der Waals surface area contributed by atoms with Crippen LogP contribution in [0.15, 0.2) is 53.4 Å². The lowest BCUT2D eigenvalue weighted by molar-refractivity contribution is 0.133. The quantitative estimate of drug-likeness (QED) is 0.560. The molecule has 0 radical (unpaired) electrons. The van der Waals surface area contributed by atoms with E-state index in [9.17, 15) is 13.5 Å². The number of aromatic amines is 1. The minimum atomic E-state index is -3.73. The number of rotatable bonds is 9. The topological polar surface area (TPSA) is 86.3 Å². The molecule has 0 aliphatic rings. The lowest BCUT2D eigenvalue weighted by Gasteiger charge is -2.26. The molecule has 0 bridgehead atoms. The molecule has 156 valence electrons. The van der Waals surface area contributed by atoms with Crippen LogP contribution in [0.4, 0.5) is 0 Å². The molecule has 0 saturated carbocycles. The summed E-state index contributed by atoms with van der Waals surface area (Å²) >= 11 is 0. The van der Waals surface area contributed by atoms with E-state index in [1.807, 2.05) is 51.1 Å². The summed E-state index contributed by atoms with van der Waals surface area (Å²) in [6, 6.07) is 14.9. The zero-order valence-electron chi connectivity index (χ0n) is 17.2. The second-order valence-corrected chi connectivity index (χ2v) is 9.86. The van der Waals surface area contributed by atoms with Gasteiger partial charge in [-0.05, 0) is 49.4 Å². The van der Waals surface area contributed by atoms with E-state index in [4.69, 9.17) is 0 Å². The van der Waals surface area contributed by atoms with Crippen LogP contribution in [0.25, 0.3) is 10.9 Å². The van der Waals surface area contributed by atoms with Gasteiger partial charge in [-0.2, -0.15) is 9.40 Å². The maximum atomic E-state index is 13.3. The molecule has 1 aromatic heterocycles. The molecule has 0 amide bonds. The summed E-state index contributed by atoms with van der Waals surface area (Å²) in [5, 5.41) is 18.4. The van der Waals surface area contributed by atoms with Crippen molar-refractivity contribution in [3.8, 4) is 0 Å². The number of aliphatic hydroxyl groups excluding tert-OH is 1. The van der Waals surface area contributed by atoms with Gasteiger partial charge in [0, 0.05) is 24.2 Å². The number of sulfonamides is 1. The van der Waals surface area contributed by atoms with Crippen LogP contribution in [-0.2, 0) is 16.4 Å². The van der Waals surface area contributed by atoms with Crippen molar-refractivity contribution in [3.05, 3.63) is 59.8 Å². The number of aromatic nitrogens is 2. The predicted molar refractivity (Wildman–Crippen MR) is 115 cm³/mol. The molecule has 29 heavy (non-hydrogen) atoms. The van der Waals surface area contributed by atoms with Crippen molar-refractivity contribution >= 4 is 20.9 Å². The minimum absolute atomic E-state index is 0.0791. The molecular weight excluding hydrogens is 386 g/mol. The second kappa shape index (κ2) is 9.07. The fourth-order valence-electron chi connectivity index (χ4n) is 3.41. The van der Waals surface area contributed by atoms with Crippen LogP contribution in [0.2, 0.25) is 0 Å². The van der Waals surface area contributed by atoms with Crippen molar-refractivity contribution in [1.29, 1.82) is 0 Å². The molecule has 1 heterocycles. The fourth-order valence-corrected chi connectivity index (χ4v) is 5.08. The minimum Gasteiger partial charge on any atom is -0.392 e. The van der Waals surface area contributed by atoms with Crippen LogP contribution < -0.4 is 0 Å². The molecule has 3 aromatic rings. The van der Waals surface area contributed by atoms with Crippen molar-refractivity contribution in [2.24, 2.45) is 5.92 Å². The number of aliphatic hydroxyl groups is 1. The number of benzene rings is 2. The normalized spacial score (nSPS) is 13.4. The van der Waals surface area contributed by atoms with Gasteiger partial charge in [-0.25, -0.2) is 8.42 Å². The summed E-state index contributed by atoms with van der Waals surface area (Å²) in [5.41, 5.74) is 2.70. The van der Waals surface area contributed by atoms with Gasteiger partial charge in [0.05, 0.1) is 16.5 Å². The van der Waals surface area contributed by atoms with Crippen molar-refractivity contribution in [3.63, 3.8) is 0 Å². The van der Waals surface area contributed by atoms with E-state index in [1.54, 1.807) is 18.2 Å². The van der Waals surface area contributed by atoms with Crippen LogP contribution in [0.1, 0.15) is 31.5 Å². The fraction of sp³-hybridized carbons (Fsp3) is 0.409. The van der Waals surface area contributed by atoms with Crippen LogP contribution in [0.3, 0.4) is 0 Å². The van der Waals surface area contributed by atoms with Crippen LogP contribution in [0.5, 0.6) is 0 Å². The maximum absolute atomic E-state index is 13.3. The Bertz CT molecular complexity index is 1050. The number of nitrogens with one attached hydrogen (secondary N) is 1. The van der Waals surface area contributed by atoms with Crippen molar-refractivity contribution < 1.29 is 13.5 Å². The smallest absolute Gasteiger partial charge is 0.243 e. The van der Waals surface area contributed by atoms with Crippen LogP contribution >= 0.6 is 0 Å². The van der Waals surface area contributed by atoms with Gasteiger partial charge in [-0.3, -0.25) is 5.10 Å². The Morgan fingerprint density at radius 1 is 1.10 bits per heavy atom. The summed E-state index contributed by atoms with van der Waals surface area (Å²) < 4.78 is 28.1. The van der Waals surface area contributed by atoms with Gasteiger partial charge in [0.2, 0.25) is 10.0 Å². The Morgan fingerprint density at radius 2 is 1.83 bits per heavy atom. The molecule has 0 saturated heterocycles. The maximum Gasteiger partial charge on any atom is 0.243 e. The zero-order valence-corrected chi connectivity index (χ0v) is 18.0. The molecule has 0 fully saturated rings. The van der Waals surface area contributed by atoms with Crippen molar-refractivity contribution in [2.75, 3.05) is 13.1 Å². The highest BCUT2D eigenvalue weighted by atomic mass is 32.2. The van der Waals surface area contributed by atoms with Crippen molar-refractivity contribution in [1.82, 2.24) is 14.5 Å².